The Bertz CT molecular complexity index is 1310. The van der Waals surface area contributed by atoms with Crippen molar-refractivity contribution >= 4 is 29.0 Å². The minimum absolute atomic E-state index is 0.145. The first kappa shape index (κ1) is 26.5. The van der Waals surface area contributed by atoms with Gasteiger partial charge in [-0.25, -0.2) is 9.78 Å². The number of alkyl halides is 3. The van der Waals surface area contributed by atoms with Crippen LogP contribution in [0.1, 0.15) is 48.3 Å². The van der Waals surface area contributed by atoms with E-state index in [0.29, 0.717) is 18.7 Å². The summed E-state index contributed by atoms with van der Waals surface area (Å²) in [5.74, 6) is -0.592. The zero-order valence-electron chi connectivity index (χ0n) is 21.1. The summed E-state index contributed by atoms with van der Waals surface area (Å²) in [7, 11) is 0. The molecule has 1 atom stereocenters. The minimum atomic E-state index is -4.58. The molecule has 8 nitrogen and oxygen atoms in total. The molecule has 0 bridgehead atoms. The highest BCUT2D eigenvalue weighted by Crippen LogP contribution is 2.31. The average molecular weight is 519 g/mol. The fraction of sp³-hybridized carbons (Fsp3) is 0.423. The second kappa shape index (κ2) is 10.0. The molecule has 1 aliphatic heterocycles. The van der Waals surface area contributed by atoms with Crippen molar-refractivity contribution in [1.29, 1.82) is 0 Å². The fourth-order valence-corrected chi connectivity index (χ4v) is 4.22. The van der Waals surface area contributed by atoms with E-state index in [0.717, 1.165) is 23.2 Å². The van der Waals surface area contributed by atoms with Crippen molar-refractivity contribution in [3.05, 3.63) is 59.2 Å². The van der Waals surface area contributed by atoms with Crippen molar-refractivity contribution in [3.8, 4) is 0 Å². The third kappa shape index (κ3) is 6.04. The SMILES string of the molecule is Cc1cccc2nc(NC(=O)c3cccc(C(F)(F)F)c3)n([C@H]3COCCN(C(=O)OC(C)(C)C)C3)c12. The predicted octanol–water partition coefficient (Wildman–Crippen LogP) is 5.42. The second-order valence-electron chi connectivity index (χ2n) is 9.94. The van der Waals surface area contributed by atoms with E-state index >= 15 is 0 Å². The number of anilines is 1. The molecule has 198 valence electrons. The number of amides is 2. The van der Waals surface area contributed by atoms with E-state index in [1.165, 1.54) is 12.1 Å². The van der Waals surface area contributed by atoms with E-state index in [1.54, 1.807) is 36.3 Å². The molecule has 0 aliphatic carbocycles. The monoisotopic (exact) mass is 518 g/mol. The summed E-state index contributed by atoms with van der Waals surface area (Å²) in [6.45, 7) is 8.31. The molecule has 1 aromatic heterocycles. The number of hydrogen-bond acceptors (Lipinski definition) is 5. The van der Waals surface area contributed by atoms with Crippen LogP contribution in [-0.2, 0) is 15.7 Å². The number of carbonyl (C=O) groups excluding carboxylic acids is 2. The number of benzene rings is 2. The summed E-state index contributed by atoms with van der Waals surface area (Å²) in [6, 6.07) is 9.24. The fourth-order valence-electron chi connectivity index (χ4n) is 4.22. The largest absolute Gasteiger partial charge is 0.444 e. The van der Waals surface area contributed by atoms with Crippen molar-refractivity contribution in [1.82, 2.24) is 14.5 Å². The van der Waals surface area contributed by atoms with Gasteiger partial charge in [0.2, 0.25) is 5.95 Å². The standard InChI is InChI=1S/C26H29F3N4O4/c1-16-7-5-10-20-21(16)33(19-14-32(11-12-36-15-19)24(35)37-25(2,3)4)23(30-20)31-22(34)17-8-6-9-18(13-17)26(27,28)29/h5-10,13,19H,11-12,14-15H2,1-4H3,(H,30,31,34)/t19-/m1/s1. The number of para-hydroxylation sites is 1. The van der Waals surface area contributed by atoms with Crippen molar-refractivity contribution in [2.45, 2.75) is 45.5 Å². The molecular weight excluding hydrogens is 489 g/mol. The second-order valence-corrected chi connectivity index (χ2v) is 9.94. The molecule has 1 aliphatic rings. The van der Waals surface area contributed by atoms with Crippen LogP contribution in [0.2, 0.25) is 0 Å². The molecule has 2 aromatic carbocycles. The zero-order valence-corrected chi connectivity index (χ0v) is 21.1. The van der Waals surface area contributed by atoms with Gasteiger partial charge in [-0.1, -0.05) is 18.2 Å². The summed E-state index contributed by atoms with van der Waals surface area (Å²) in [5, 5.41) is 2.68. The number of ether oxygens (including phenoxy) is 2. The van der Waals surface area contributed by atoms with Crippen LogP contribution in [0.4, 0.5) is 23.9 Å². The molecular formula is C26H29F3N4O4. The molecule has 0 saturated carbocycles. The van der Waals surface area contributed by atoms with Crippen LogP contribution in [0.3, 0.4) is 0 Å². The van der Waals surface area contributed by atoms with E-state index in [-0.39, 0.29) is 24.7 Å². The number of fused-ring (bicyclic) bond motifs is 1. The highest BCUT2D eigenvalue weighted by Gasteiger charge is 2.32. The number of hydrogen-bond donors (Lipinski definition) is 1. The lowest BCUT2D eigenvalue weighted by atomic mass is 10.1. The smallest absolute Gasteiger partial charge is 0.416 e. The first-order valence-electron chi connectivity index (χ1n) is 11.9. The van der Waals surface area contributed by atoms with E-state index in [2.05, 4.69) is 10.3 Å². The maximum absolute atomic E-state index is 13.2. The molecule has 0 spiro atoms. The average Bonchev–Trinajstić information content (AvgIpc) is 2.99. The molecule has 37 heavy (non-hydrogen) atoms. The third-order valence-electron chi connectivity index (χ3n) is 5.85. The Hall–Kier alpha value is -3.60. The number of imidazole rings is 1. The van der Waals surface area contributed by atoms with Crippen molar-refractivity contribution in [2.75, 3.05) is 31.6 Å². The van der Waals surface area contributed by atoms with Gasteiger partial charge >= 0.3 is 12.3 Å². The lowest BCUT2D eigenvalue weighted by Gasteiger charge is -2.29. The zero-order chi connectivity index (χ0) is 27.0. The molecule has 11 heteroatoms. The number of halogens is 3. The van der Waals surface area contributed by atoms with Gasteiger partial charge < -0.3 is 18.9 Å². The van der Waals surface area contributed by atoms with Gasteiger partial charge in [-0.05, 0) is 57.5 Å². The summed E-state index contributed by atoms with van der Waals surface area (Å²) in [6.07, 6.45) is -5.07. The molecule has 4 rings (SSSR count). The minimum Gasteiger partial charge on any atom is -0.444 e. The molecule has 1 N–H and O–H groups in total. The molecule has 1 saturated heterocycles. The van der Waals surface area contributed by atoms with Gasteiger partial charge in [0.1, 0.15) is 5.60 Å². The number of aromatic nitrogens is 2. The number of carbonyl (C=O) groups is 2. The molecule has 0 unspecified atom stereocenters. The van der Waals surface area contributed by atoms with Crippen LogP contribution in [0, 0.1) is 6.92 Å². The lowest BCUT2D eigenvalue weighted by Crippen LogP contribution is -2.40. The summed E-state index contributed by atoms with van der Waals surface area (Å²) >= 11 is 0. The highest BCUT2D eigenvalue weighted by atomic mass is 19.4. The van der Waals surface area contributed by atoms with Crippen molar-refractivity contribution in [2.24, 2.45) is 0 Å². The quantitative estimate of drug-likeness (QED) is 0.500. The van der Waals surface area contributed by atoms with E-state index in [1.807, 2.05) is 19.1 Å². The van der Waals surface area contributed by atoms with E-state index in [4.69, 9.17) is 9.47 Å². The Labute approximate surface area is 212 Å². The van der Waals surface area contributed by atoms with Crippen LogP contribution in [0.15, 0.2) is 42.5 Å². The Morgan fingerprint density at radius 1 is 1.14 bits per heavy atom. The summed E-state index contributed by atoms with van der Waals surface area (Å²) in [5.41, 5.74) is 0.432. The van der Waals surface area contributed by atoms with Gasteiger partial charge in [-0.15, -0.1) is 0 Å². The van der Waals surface area contributed by atoms with Crippen LogP contribution in [0.25, 0.3) is 11.0 Å². The first-order valence-corrected chi connectivity index (χ1v) is 11.9. The van der Waals surface area contributed by atoms with Gasteiger partial charge in [-0.2, -0.15) is 13.2 Å². The maximum Gasteiger partial charge on any atom is 0.416 e. The Kier molecular flexibility index (Phi) is 7.18. The first-order chi connectivity index (χ1) is 17.3. The van der Waals surface area contributed by atoms with Gasteiger partial charge in [0.15, 0.2) is 0 Å². The number of rotatable bonds is 3. The summed E-state index contributed by atoms with van der Waals surface area (Å²) in [4.78, 5) is 32.0. The molecule has 2 heterocycles. The van der Waals surface area contributed by atoms with E-state index in [9.17, 15) is 22.8 Å². The van der Waals surface area contributed by atoms with Gasteiger partial charge in [0.05, 0.1) is 35.9 Å². The van der Waals surface area contributed by atoms with E-state index < -0.39 is 35.4 Å². The molecule has 1 fully saturated rings. The Morgan fingerprint density at radius 2 is 1.86 bits per heavy atom. The maximum atomic E-state index is 13.2. The number of aryl methyl sites for hydroxylation is 1. The Balaban J connectivity index is 1.71. The van der Waals surface area contributed by atoms with Crippen LogP contribution in [-0.4, -0.2) is 58.4 Å². The van der Waals surface area contributed by atoms with Crippen LogP contribution in [0.5, 0.6) is 0 Å². The van der Waals surface area contributed by atoms with Gasteiger partial charge in [0.25, 0.3) is 5.91 Å². The highest BCUT2D eigenvalue weighted by molar-refractivity contribution is 6.04. The van der Waals surface area contributed by atoms with Crippen molar-refractivity contribution in [3.63, 3.8) is 0 Å². The lowest BCUT2D eigenvalue weighted by molar-refractivity contribution is -0.137. The topological polar surface area (TPSA) is 85.7 Å². The Morgan fingerprint density at radius 3 is 2.57 bits per heavy atom. The van der Waals surface area contributed by atoms with Crippen LogP contribution < -0.4 is 5.32 Å². The number of nitrogens with one attached hydrogen (secondary N) is 1. The molecule has 2 amide bonds. The summed E-state index contributed by atoms with van der Waals surface area (Å²) < 4.78 is 52.7. The molecule has 0 radical (unpaired) electrons. The van der Waals surface area contributed by atoms with Gasteiger partial charge in [0, 0.05) is 18.7 Å². The molecule has 3 aromatic rings. The van der Waals surface area contributed by atoms with Gasteiger partial charge in [-0.3, -0.25) is 10.1 Å². The van der Waals surface area contributed by atoms with Crippen molar-refractivity contribution < 1.29 is 32.2 Å². The normalized spacial score (nSPS) is 16.9. The third-order valence-corrected chi connectivity index (χ3v) is 5.85. The number of nitrogens with zero attached hydrogens (tertiary/aromatic N) is 3. The predicted molar refractivity (Wildman–Crippen MR) is 132 cm³/mol. The van der Waals surface area contributed by atoms with Crippen LogP contribution >= 0.6 is 0 Å².